The van der Waals surface area contributed by atoms with Crippen molar-refractivity contribution in [3.63, 3.8) is 0 Å². The average molecular weight is 539 g/mol. The number of halogens is 3. The Morgan fingerprint density at radius 3 is 1.89 bits per heavy atom. The lowest BCUT2D eigenvalue weighted by atomic mass is 9.99. The minimum atomic E-state index is -4.69. The van der Waals surface area contributed by atoms with Crippen LogP contribution in [0.5, 0.6) is 0 Å². The number of hydrogen-bond donors (Lipinski definition) is 1. The predicted octanol–water partition coefficient (Wildman–Crippen LogP) is 6.11. The number of aryl methyl sites for hydroxylation is 1. The number of sulfonamides is 1. The molecule has 0 atom stereocenters. The molecular formula is C29H25F3N2O3S. The zero-order valence-corrected chi connectivity index (χ0v) is 21.2. The second kappa shape index (κ2) is 11.1. The molecule has 0 saturated carbocycles. The van der Waals surface area contributed by atoms with Gasteiger partial charge in [0.25, 0.3) is 10.0 Å². The molecule has 0 aliphatic heterocycles. The van der Waals surface area contributed by atoms with Crippen molar-refractivity contribution in [3.8, 4) is 0 Å². The van der Waals surface area contributed by atoms with Crippen LogP contribution in [-0.2, 0) is 21.0 Å². The van der Waals surface area contributed by atoms with Gasteiger partial charge in [-0.15, -0.1) is 0 Å². The van der Waals surface area contributed by atoms with Crippen molar-refractivity contribution in [2.45, 2.75) is 24.0 Å². The first-order chi connectivity index (χ1) is 18.1. The van der Waals surface area contributed by atoms with Gasteiger partial charge in [-0.1, -0.05) is 84.4 Å². The van der Waals surface area contributed by atoms with Crippen LogP contribution in [0.2, 0.25) is 0 Å². The van der Waals surface area contributed by atoms with Crippen LogP contribution in [0.15, 0.2) is 114 Å². The maximum absolute atomic E-state index is 13.6. The first-order valence-electron chi connectivity index (χ1n) is 11.7. The predicted molar refractivity (Wildman–Crippen MR) is 140 cm³/mol. The van der Waals surface area contributed by atoms with Crippen molar-refractivity contribution >= 4 is 21.6 Å². The van der Waals surface area contributed by atoms with Gasteiger partial charge in [-0.05, 0) is 48.4 Å². The highest BCUT2D eigenvalue weighted by atomic mass is 32.2. The minimum absolute atomic E-state index is 0.143. The third-order valence-electron chi connectivity index (χ3n) is 5.93. The number of alkyl halides is 3. The second-order valence-electron chi connectivity index (χ2n) is 8.69. The van der Waals surface area contributed by atoms with E-state index in [1.54, 1.807) is 19.1 Å². The highest BCUT2D eigenvalue weighted by molar-refractivity contribution is 7.92. The number of anilines is 1. The molecule has 0 saturated heterocycles. The van der Waals surface area contributed by atoms with Crippen LogP contribution in [0.3, 0.4) is 0 Å². The fourth-order valence-electron chi connectivity index (χ4n) is 3.98. The molecule has 4 aromatic carbocycles. The van der Waals surface area contributed by atoms with Gasteiger partial charge in [0, 0.05) is 0 Å². The van der Waals surface area contributed by atoms with Gasteiger partial charge in [-0.2, -0.15) is 13.2 Å². The Kier molecular flexibility index (Phi) is 7.87. The van der Waals surface area contributed by atoms with Gasteiger partial charge in [0.2, 0.25) is 5.91 Å². The smallest absolute Gasteiger partial charge is 0.344 e. The molecular weight excluding hydrogens is 513 g/mol. The second-order valence-corrected chi connectivity index (χ2v) is 10.6. The molecule has 5 nitrogen and oxygen atoms in total. The average Bonchev–Trinajstić information content (AvgIpc) is 2.91. The van der Waals surface area contributed by atoms with E-state index in [0.717, 1.165) is 34.9 Å². The first kappa shape index (κ1) is 26.9. The molecule has 38 heavy (non-hydrogen) atoms. The maximum atomic E-state index is 13.6. The lowest BCUT2D eigenvalue weighted by Crippen LogP contribution is -2.42. The van der Waals surface area contributed by atoms with E-state index in [1.807, 2.05) is 60.7 Å². The molecule has 9 heteroatoms. The van der Waals surface area contributed by atoms with Gasteiger partial charge in [-0.25, -0.2) is 8.42 Å². The van der Waals surface area contributed by atoms with Crippen molar-refractivity contribution in [2.75, 3.05) is 10.8 Å². The molecule has 0 radical (unpaired) electrons. The quantitative estimate of drug-likeness (QED) is 0.294. The number of nitrogens with one attached hydrogen (secondary N) is 1. The van der Waals surface area contributed by atoms with E-state index in [4.69, 9.17) is 0 Å². The van der Waals surface area contributed by atoms with Crippen molar-refractivity contribution in [2.24, 2.45) is 0 Å². The van der Waals surface area contributed by atoms with E-state index in [0.29, 0.717) is 4.31 Å². The Labute approximate surface area is 219 Å². The maximum Gasteiger partial charge on any atom is 0.416 e. The number of hydrogen-bond acceptors (Lipinski definition) is 3. The zero-order chi connectivity index (χ0) is 27.3. The summed E-state index contributed by atoms with van der Waals surface area (Å²) in [6, 6.07) is 27.4. The van der Waals surface area contributed by atoms with E-state index in [-0.39, 0.29) is 10.6 Å². The Balaban J connectivity index is 1.72. The standard InChI is InChI=1S/C29H25F3N2O3S/c1-21-15-17-26(18-16-21)38(36,37)34(25-14-8-13-24(19-25)29(30,31)32)20-27(35)33-28(22-9-4-2-5-10-22)23-11-6-3-7-12-23/h2-19,28H,20H2,1H3,(H,33,35). The summed E-state index contributed by atoms with van der Waals surface area (Å²) in [5, 5.41) is 2.86. The fraction of sp³-hybridized carbons (Fsp3) is 0.138. The Morgan fingerprint density at radius 1 is 0.816 bits per heavy atom. The molecule has 0 bridgehead atoms. The van der Waals surface area contributed by atoms with Gasteiger partial charge in [0.05, 0.1) is 22.2 Å². The zero-order valence-electron chi connectivity index (χ0n) is 20.4. The third-order valence-corrected chi connectivity index (χ3v) is 7.72. The molecule has 0 aliphatic rings. The van der Waals surface area contributed by atoms with Gasteiger partial charge in [0.15, 0.2) is 0 Å². The van der Waals surface area contributed by atoms with E-state index in [9.17, 15) is 26.4 Å². The molecule has 4 rings (SSSR count). The Morgan fingerprint density at radius 2 is 1.37 bits per heavy atom. The molecule has 0 fully saturated rings. The normalized spacial score (nSPS) is 11.8. The van der Waals surface area contributed by atoms with Crippen LogP contribution in [0, 0.1) is 6.92 Å². The highest BCUT2D eigenvalue weighted by Gasteiger charge is 2.33. The number of benzene rings is 4. The number of amides is 1. The number of carbonyl (C=O) groups is 1. The van der Waals surface area contributed by atoms with E-state index in [2.05, 4.69) is 5.32 Å². The van der Waals surface area contributed by atoms with Crippen molar-refractivity contribution in [3.05, 3.63) is 131 Å². The van der Waals surface area contributed by atoms with Gasteiger partial charge in [0.1, 0.15) is 6.54 Å². The lowest BCUT2D eigenvalue weighted by Gasteiger charge is -2.27. The summed E-state index contributed by atoms with van der Waals surface area (Å²) in [5.74, 6) is -0.684. The SMILES string of the molecule is Cc1ccc(S(=O)(=O)N(CC(=O)NC(c2ccccc2)c2ccccc2)c2cccc(C(F)(F)F)c2)cc1. The van der Waals surface area contributed by atoms with Crippen molar-refractivity contribution in [1.82, 2.24) is 5.32 Å². The van der Waals surface area contributed by atoms with Crippen LogP contribution in [0.4, 0.5) is 18.9 Å². The number of carbonyl (C=O) groups excluding carboxylic acids is 1. The minimum Gasteiger partial charge on any atom is -0.344 e. The molecule has 1 N–H and O–H groups in total. The molecule has 196 valence electrons. The van der Waals surface area contributed by atoms with Crippen LogP contribution in [-0.4, -0.2) is 20.9 Å². The highest BCUT2D eigenvalue weighted by Crippen LogP contribution is 2.33. The van der Waals surface area contributed by atoms with Crippen molar-refractivity contribution < 1.29 is 26.4 Å². The summed E-state index contributed by atoms with van der Waals surface area (Å²) in [7, 11) is -4.39. The summed E-state index contributed by atoms with van der Waals surface area (Å²) in [6.45, 7) is 1.05. The summed E-state index contributed by atoms with van der Waals surface area (Å²) < 4.78 is 68.3. The van der Waals surface area contributed by atoms with Crippen molar-refractivity contribution in [1.29, 1.82) is 0 Å². The summed E-state index contributed by atoms with van der Waals surface area (Å²) in [6.07, 6.45) is -4.69. The van der Waals surface area contributed by atoms with Gasteiger partial charge >= 0.3 is 6.18 Å². The largest absolute Gasteiger partial charge is 0.416 e. The number of nitrogens with zero attached hydrogens (tertiary/aromatic N) is 1. The molecule has 4 aromatic rings. The van der Waals surface area contributed by atoms with Crippen LogP contribution in [0.25, 0.3) is 0 Å². The Bertz CT molecular complexity index is 1450. The van der Waals surface area contributed by atoms with Crippen LogP contribution < -0.4 is 9.62 Å². The molecule has 1 amide bonds. The topological polar surface area (TPSA) is 66.5 Å². The van der Waals surface area contributed by atoms with E-state index in [1.165, 1.54) is 18.2 Å². The molecule has 0 unspecified atom stereocenters. The van der Waals surface area contributed by atoms with E-state index >= 15 is 0 Å². The summed E-state index contributed by atoms with van der Waals surface area (Å²) in [5.41, 5.74) is 1.04. The van der Waals surface area contributed by atoms with E-state index < -0.39 is 40.3 Å². The molecule has 0 heterocycles. The summed E-state index contributed by atoms with van der Waals surface area (Å²) >= 11 is 0. The summed E-state index contributed by atoms with van der Waals surface area (Å²) in [4.78, 5) is 13.2. The third kappa shape index (κ3) is 6.23. The van der Waals surface area contributed by atoms with Gasteiger partial charge < -0.3 is 5.32 Å². The number of rotatable bonds is 8. The molecule has 0 aromatic heterocycles. The van der Waals surface area contributed by atoms with Crippen LogP contribution in [0.1, 0.15) is 28.3 Å². The molecule has 0 spiro atoms. The lowest BCUT2D eigenvalue weighted by molar-refractivity contribution is -0.137. The monoisotopic (exact) mass is 538 g/mol. The van der Waals surface area contributed by atoms with Gasteiger partial charge in [-0.3, -0.25) is 9.10 Å². The van der Waals surface area contributed by atoms with Crippen LogP contribution >= 0.6 is 0 Å². The first-order valence-corrected chi connectivity index (χ1v) is 13.2. The fourth-order valence-corrected chi connectivity index (χ4v) is 5.39. The Hall–Kier alpha value is -4.11. The molecule has 0 aliphatic carbocycles.